The summed E-state index contributed by atoms with van der Waals surface area (Å²) in [5.41, 5.74) is 0.351. The normalized spacial score (nSPS) is 10.4. The Hall–Kier alpha value is -1.32. The molecule has 0 atom stereocenters. The molecule has 0 unspecified atom stereocenters. The van der Waals surface area contributed by atoms with E-state index in [4.69, 9.17) is 23.2 Å². The standard InChI is InChI=1S/C11H7Cl2NO2/c1-16-11(15)9-5-14-10(13)7-3-2-6(12)4-8(7)9/h2-5H,1H3. The van der Waals surface area contributed by atoms with Crippen molar-refractivity contribution in [1.29, 1.82) is 0 Å². The summed E-state index contributed by atoms with van der Waals surface area (Å²) in [5, 5.41) is 2.17. The van der Waals surface area contributed by atoms with Crippen LogP contribution in [0.15, 0.2) is 24.4 Å². The van der Waals surface area contributed by atoms with Crippen LogP contribution in [0.25, 0.3) is 10.8 Å². The molecule has 1 heterocycles. The number of pyridine rings is 1. The minimum atomic E-state index is -0.462. The molecule has 0 amide bonds. The van der Waals surface area contributed by atoms with Crippen molar-refractivity contribution < 1.29 is 9.53 Å². The number of nitrogens with zero attached hydrogens (tertiary/aromatic N) is 1. The molecule has 1 aromatic heterocycles. The van der Waals surface area contributed by atoms with Gasteiger partial charge in [0, 0.05) is 22.0 Å². The fraction of sp³-hybridized carbons (Fsp3) is 0.0909. The van der Waals surface area contributed by atoms with Crippen LogP contribution in [0.5, 0.6) is 0 Å². The van der Waals surface area contributed by atoms with E-state index in [2.05, 4.69) is 9.72 Å². The molecular weight excluding hydrogens is 249 g/mol. The molecule has 0 bridgehead atoms. The number of hydrogen-bond donors (Lipinski definition) is 0. The number of fused-ring (bicyclic) bond motifs is 1. The van der Waals surface area contributed by atoms with Gasteiger partial charge in [-0.05, 0) is 18.2 Å². The number of carbonyl (C=O) groups is 1. The van der Waals surface area contributed by atoms with Crippen molar-refractivity contribution in [3.63, 3.8) is 0 Å². The number of rotatable bonds is 1. The van der Waals surface area contributed by atoms with Crippen molar-refractivity contribution in [1.82, 2.24) is 4.98 Å². The van der Waals surface area contributed by atoms with Crippen LogP contribution in [0.2, 0.25) is 10.2 Å². The highest BCUT2D eigenvalue weighted by Crippen LogP contribution is 2.27. The molecule has 0 aliphatic carbocycles. The van der Waals surface area contributed by atoms with Crippen molar-refractivity contribution in [3.8, 4) is 0 Å². The second-order valence-electron chi connectivity index (χ2n) is 3.14. The van der Waals surface area contributed by atoms with Gasteiger partial charge in [0.15, 0.2) is 0 Å². The molecule has 1 aromatic carbocycles. The molecule has 5 heteroatoms. The molecule has 82 valence electrons. The maximum absolute atomic E-state index is 11.5. The third kappa shape index (κ3) is 1.84. The monoisotopic (exact) mass is 255 g/mol. The van der Waals surface area contributed by atoms with Gasteiger partial charge in [0.25, 0.3) is 0 Å². The zero-order valence-electron chi connectivity index (χ0n) is 8.33. The van der Waals surface area contributed by atoms with E-state index in [1.54, 1.807) is 18.2 Å². The highest BCUT2D eigenvalue weighted by atomic mass is 35.5. The lowest BCUT2D eigenvalue weighted by Crippen LogP contribution is -2.03. The summed E-state index contributed by atoms with van der Waals surface area (Å²) in [4.78, 5) is 15.4. The third-order valence-corrected chi connectivity index (χ3v) is 2.74. The number of carbonyl (C=O) groups excluding carboxylic acids is 1. The summed E-state index contributed by atoms with van der Waals surface area (Å²) in [7, 11) is 1.31. The van der Waals surface area contributed by atoms with Crippen molar-refractivity contribution >= 4 is 39.9 Å². The Bertz CT molecular complexity index is 569. The number of methoxy groups -OCH3 is 1. The molecule has 16 heavy (non-hydrogen) atoms. The fourth-order valence-electron chi connectivity index (χ4n) is 1.45. The van der Waals surface area contributed by atoms with Crippen molar-refractivity contribution in [2.75, 3.05) is 7.11 Å². The van der Waals surface area contributed by atoms with Gasteiger partial charge in [-0.15, -0.1) is 0 Å². The number of halogens is 2. The molecule has 0 saturated heterocycles. The lowest BCUT2D eigenvalue weighted by atomic mass is 10.1. The van der Waals surface area contributed by atoms with Crippen LogP contribution in [0.4, 0.5) is 0 Å². The van der Waals surface area contributed by atoms with Gasteiger partial charge in [0.2, 0.25) is 0 Å². The molecule has 0 aliphatic heterocycles. The Labute approximate surface area is 102 Å². The van der Waals surface area contributed by atoms with Gasteiger partial charge < -0.3 is 4.74 Å². The SMILES string of the molecule is COC(=O)c1cnc(Cl)c2ccc(Cl)cc12. The summed E-state index contributed by atoms with van der Waals surface area (Å²) < 4.78 is 4.66. The van der Waals surface area contributed by atoms with Gasteiger partial charge in [-0.25, -0.2) is 9.78 Å². The molecule has 0 spiro atoms. The van der Waals surface area contributed by atoms with E-state index in [-0.39, 0.29) is 0 Å². The van der Waals surface area contributed by atoms with Gasteiger partial charge in [0.1, 0.15) is 5.15 Å². The number of esters is 1. The van der Waals surface area contributed by atoms with E-state index in [9.17, 15) is 4.79 Å². The van der Waals surface area contributed by atoms with E-state index < -0.39 is 5.97 Å². The van der Waals surface area contributed by atoms with Gasteiger partial charge in [0.05, 0.1) is 12.7 Å². The lowest BCUT2D eigenvalue weighted by molar-refractivity contribution is 0.0602. The van der Waals surface area contributed by atoms with Crippen LogP contribution in [0, 0.1) is 0 Å². The average molecular weight is 256 g/mol. The largest absolute Gasteiger partial charge is 0.465 e. The lowest BCUT2D eigenvalue weighted by Gasteiger charge is -2.05. The smallest absolute Gasteiger partial charge is 0.340 e. The molecular formula is C11H7Cl2NO2. The Balaban J connectivity index is 2.80. The average Bonchev–Trinajstić information content (AvgIpc) is 2.28. The molecule has 2 aromatic rings. The zero-order valence-corrected chi connectivity index (χ0v) is 9.84. The predicted molar refractivity (Wildman–Crippen MR) is 63.1 cm³/mol. The molecule has 0 saturated carbocycles. The molecule has 0 radical (unpaired) electrons. The third-order valence-electron chi connectivity index (χ3n) is 2.21. The van der Waals surface area contributed by atoms with Crippen molar-refractivity contribution in [3.05, 3.63) is 40.1 Å². The zero-order chi connectivity index (χ0) is 11.7. The van der Waals surface area contributed by atoms with Gasteiger partial charge in [-0.1, -0.05) is 23.2 Å². The molecule has 0 aliphatic rings. The van der Waals surface area contributed by atoms with Crippen LogP contribution in [-0.4, -0.2) is 18.1 Å². The summed E-state index contributed by atoms with van der Waals surface area (Å²) >= 11 is 11.8. The molecule has 3 nitrogen and oxygen atoms in total. The van der Waals surface area contributed by atoms with E-state index in [1.165, 1.54) is 13.3 Å². The first-order valence-corrected chi connectivity index (χ1v) is 5.21. The van der Waals surface area contributed by atoms with Crippen LogP contribution in [0.3, 0.4) is 0 Å². The number of benzene rings is 1. The Morgan fingerprint density at radius 3 is 2.75 bits per heavy atom. The summed E-state index contributed by atoms with van der Waals surface area (Å²) in [6, 6.07) is 5.08. The number of aromatic nitrogens is 1. The predicted octanol–water partition coefficient (Wildman–Crippen LogP) is 3.33. The summed E-state index contributed by atoms with van der Waals surface area (Å²) in [5.74, 6) is -0.462. The van der Waals surface area contributed by atoms with Gasteiger partial charge in [-0.3, -0.25) is 0 Å². The van der Waals surface area contributed by atoms with E-state index >= 15 is 0 Å². The highest BCUT2D eigenvalue weighted by molar-refractivity contribution is 6.36. The first-order valence-electron chi connectivity index (χ1n) is 4.45. The topological polar surface area (TPSA) is 39.2 Å². The number of ether oxygens (including phenoxy) is 1. The Kier molecular flexibility index (Phi) is 2.99. The van der Waals surface area contributed by atoms with Crippen LogP contribution in [0.1, 0.15) is 10.4 Å². The minimum absolute atomic E-state index is 0.333. The fourth-order valence-corrected chi connectivity index (χ4v) is 1.84. The van der Waals surface area contributed by atoms with Crippen LogP contribution >= 0.6 is 23.2 Å². The first kappa shape index (κ1) is 11.2. The molecule has 0 N–H and O–H groups in total. The Morgan fingerprint density at radius 1 is 1.31 bits per heavy atom. The molecule has 0 fully saturated rings. The van der Waals surface area contributed by atoms with Gasteiger partial charge in [-0.2, -0.15) is 0 Å². The van der Waals surface area contributed by atoms with Crippen molar-refractivity contribution in [2.45, 2.75) is 0 Å². The summed E-state index contributed by atoms with van der Waals surface area (Å²) in [6.45, 7) is 0. The highest BCUT2D eigenvalue weighted by Gasteiger charge is 2.13. The van der Waals surface area contributed by atoms with E-state index in [1.807, 2.05) is 0 Å². The van der Waals surface area contributed by atoms with E-state index in [0.717, 1.165) is 0 Å². The van der Waals surface area contributed by atoms with E-state index in [0.29, 0.717) is 26.5 Å². The maximum Gasteiger partial charge on any atom is 0.340 e. The van der Waals surface area contributed by atoms with Gasteiger partial charge >= 0.3 is 5.97 Å². The second kappa shape index (κ2) is 4.28. The Morgan fingerprint density at radius 2 is 2.06 bits per heavy atom. The van der Waals surface area contributed by atoms with Crippen molar-refractivity contribution in [2.24, 2.45) is 0 Å². The van der Waals surface area contributed by atoms with Crippen LogP contribution < -0.4 is 0 Å². The quantitative estimate of drug-likeness (QED) is 0.580. The summed E-state index contributed by atoms with van der Waals surface area (Å²) in [6.07, 6.45) is 1.38. The minimum Gasteiger partial charge on any atom is -0.465 e. The van der Waals surface area contributed by atoms with Crippen LogP contribution in [-0.2, 0) is 4.74 Å². The number of hydrogen-bond acceptors (Lipinski definition) is 3. The molecule has 2 rings (SSSR count). The maximum atomic E-state index is 11.5. The first-order chi connectivity index (χ1) is 7.63. The second-order valence-corrected chi connectivity index (χ2v) is 3.94.